The van der Waals surface area contributed by atoms with Crippen molar-refractivity contribution in [2.45, 2.75) is 37.8 Å². The van der Waals surface area contributed by atoms with Crippen LogP contribution in [0.5, 0.6) is 0 Å². The highest BCUT2D eigenvalue weighted by Crippen LogP contribution is 2.17. The quantitative estimate of drug-likeness (QED) is 0.923. The number of rotatable bonds is 3. The molecule has 1 aromatic rings. The molecule has 0 saturated carbocycles. The van der Waals surface area contributed by atoms with Crippen LogP contribution in [-0.2, 0) is 9.53 Å². The molecule has 0 spiro atoms. The van der Waals surface area contributed by atoms with Crippen LogP contribution in [0, 0.1) is 5.82 Å². The summed E-state index contributed by atoms with van der Waals surface area (Å²) in [7, 11) is 0. The SMILES string of the molecule is O=C(NC1CCN(C(=O)c2ccccc2F)CC1)C1CCCO1. The largest absolute Gasteiger partial charge is 0.368 e. The Hall–Kier alpha value is -1.95. The van der Waals surface area contributed by atoms with Crippen LogP contribution in [0.1, 0.15) is 36.0 Å². The summed E-state index contributed by atoms with van der Waals surface area (Å²) in [5, 5.41) is 3.00. The highest BCUT2D eigenvalue weighted by molar-refractivity contribution is 5.94. The number of carbonyl (C=O) groups is 2. The van der Waals surface area contributed by atoms with E-state index in [1.807, 2.05) is 0 Å². The smallest absolute Gasteiger partial charge is 0.256 e. The Morgan fingerprint density at radius 2 is 1.91 bits per heavy atom. The van der Waals surface area contributed by atoms with Crippen LogP contribution in [0.4, 0.5) is 4.39 Å². The number of halogens is 1. The van der Waals surface area contributed by atoms with Crippen molar-refractivity contribution in [3.8, 4) is 0 Å². The van der Waals surface area contributed by atoms with Gasteiger partial charge in [0, 0.05) is 25.7 Å². The maximum absolute atomic E-state index is 13.7. The molecule has 2 aliphatic rings. The monoisotopic (exact) mass is 320 g/mol. The third-order valence-corrected chi connectivity index (χ3v) is 4.45. The first-order valence-corrected chi connectivity index (χ1v) is 8.11. The van der Waals surface area contributed by atoms with Crippen molar-refractivity contribution in [2.24, 2.45) is 0 Å². The Labute approximate surface area is 134 Å². The average Bonchev–Trinajstić information content (AvgIpc) is 3.10. The second-order valence-electron chi connectivity index (χ2n) is 6.06. The average molecular weight is 320 g/mol. The number of ether oxygens (including phenoxy) is 1. The lowest BCUT2D eigenvalue weighted by Gasteiger charge is -2.33. The standard InChI is InChI=1S/C17H21FN2O3/c18-14-5-2-1-4-13(14)17(22)20-9-7-12(8-10-20)19-16(21)15-6-3-11-23-15/h1-2,4-5,12,15H,3,6-11H2,(H,19,21). The van der Waals surface area contributed by atoms with Crippen LogP contribution < -0.4 is 5.32 Å². The number of likely N-dealkylation sites (tertiary alicyclic amines) is 1. The molecule has 2 amide bonds. The first kappa shape index (κ1) is 15.9. The minimum atomic E-state index is -0.494. The van der Waals surface area contributed by atoms with Crippen LogP contribution >= 0.6 is 0 Å². The van der Waals surface area contributed by atoms with Gasteiger partial charge in [-0.05, 0) is 37.8 Å². The number of benzene rings is 1. The molecule has 2 saturated heterocycles. The van der Waals surface area contributed by atoms with Crippen LogP contribution in [0.3, 0.4) is 0 Å². The van der Waals surface area contributed by atoms with Gasteiger partial charge in [0.15, 0.2) is 0 Å². The first-order chi connectivity index (χ1) is 11.1. The molecule has 3 rings (SSSR count). The molecule has 2 aliphatic heterocycles. The van der Waals surface area contributed by atoms with Gasteiger partial charge in [-0.1, -0.05) is 12.1 Å². The Morgan fingerprint density at radius 1 is 1.17 bits per heavy atom. The van der Waals surface area contributed by atoms with E-state index in [1.54, 1.807) is 17.0 Å². The molecule has 1 aromatic carbocycles. The zero-order valence-electron chi connectivity index (χ0n) is 13.0. The Morgan fingerprint density at radius 3 is 2.57 bits per heavy atom. The van der Waals surface area contributed by atoms with Crippen molar-refractivity contribution in [3.05, 3.63) is 35.6 Å². The van der Waals surface area contributed by atoms with E-state index in [0.717, 1.165) is 12.8 Å². The lowest BCUT2D eigenvalue weighted by Crippen LogP contribution is -2.48. The number of nitrogens with one attached hydrogen (secondary N) is 1. The summed E-state index contributed by atoms with van der Waals surface area (Å²) < 4.78 is 19.1. The second kappa shape index (κ2) is 7.08. The van der Waals surface area contributed by atoms with Crippen molar-refractivity contribution in [1.82, 2.24) is 10.2 Å². The lowest BCUT2D eigenvalue weighted by atomic mass is 10.0. The van der Waals surface area contributed by atoms with Crippen LogP contribution in [0.25, 0.3) is 0 Å². The van der Waals surface area contributed by atoms with Crippen LogP contribution in [0.2, 0.25) is 0 Å². The Bertz CT molecular complexity index is 579. The number of nitrogens with zero attached hydrogens (tertiary/aromatic N) is 1. The summed E-state index contributed by atoms with van der Waals surface area (Å²) in [5.41, 5.74) is 0.106. The van der Waals surface area contributed by atoms with Gasteiger partial charge in [-0.25, -0.2) is 4.39 Å². The van der Waals surface area contributed by atoms with Crippen molar-refractivity contribution in [2.75, 3.05) is 19.7 Å². The molecule has 0 aromatic heterocycles. The normalized spacial score (nSPS) is 22.1. The van der Waals surface area contributed by atoms with E-state index >= 15 is 0 Å². The van der Waals surface area contributed by atoms with Crippen molar-refractivity contribution in [3.63, 3.8) is 0 Å². The minimum Gasteiger partial charge on any atom is -0.368 e. The van der Waals surface area contributed by atoms with Crippen molar-refractivity contribution < 1.29 is 18.7 Å². The molecular formula is C17H21FN2O3. The molecular weight excluding hydrogens is 299 g/mol. The van der Waals surface area contributed by atoms with E-state index in [-0.39, 0.29) is 29.5 Å². The summed E-state index contributed by atoms with van der Waals surface area (Å²) in [6.45, 7) is 1.68. The van der Waals surface area contributed by atoms with Gasteiger partial charge in [-0.15, -0.1) is 0 Å². The summed E-state index contributed by atoms with van der Waals surface area (Å²) in [5.74, 6) is -0.834. The fourth-order valence-electron chi connectivity index (χ4n) is 3.11. The van der Waals surface area contributed by atoms with Crippen LogP contribution in [0.15, 0.2) is 24.3 Å². The fraction of sp³-hybridized carbons (Fsp3) is 0.529. The highest BCUT2D eigenvalue weighted by atomic mass is 19.1. The number of hydrogen-bond acceptors (Lipinski definition) is 3. The maximum Gasteiger partial charge on any atom is 0.256 e. The Balaban J connectivity index is 1.51. The molecule has 1 atom stereocenters. The van der Waals surface area contributed by atoms with Gasteiger partial charge in [-0.3, -0.25) is 9.59 Å². The molecule has 0 bridgehead atoms. The Kier molecular flexibility index (Phi) is 4.91. The fourth-order valence-corrected chi connectivity index (χ4v) is 3.11. The topological polar surface area (TPSA) is 58.6 Å². The zero-order valence-corrected chi connectivity index (χ0v) is 13.0. The van der Waals surface area contributed by atoms with Gasteiger partial charge in [0.05, 0.1) is 5.56 Å². The molecule has 2 fully saturated rings. The van der Waals surface area contributed by atoms with Gasteiger partial charge in [0.25, 0.3) is 5.91 Å². The van der Waals surface area contributed by atoms with Crippen molar-refractivity contribution in [1.29, 1.82) is 0 Å². The third-order valence-electron chi connectivity index (χ3n) is 4.45. The molecule has 2 heterocycles. The predicted octanol–water partition coefficient (Wildman–Crippen LogP) is 1.73. The summed E-state index contributed by atoms with van der Waals surface area (Å²) in [6.07, 6.45) is 2.73. The van der Waals surface area contributed by atoms with Gasteiger partial charge in [0.2, 0.25) is 5.91 Å². The molecule has 6 heteroatoms. The molecule has 1 N–H and O–H groups in total. The van der Waals surface area contributed by atoms with Gasteiger partial charge in [0.1, 0.15) is 11.9 Å². The van der Waals surface area contributed by atoms with E-state index in [0.29, 0.717) is 32.5 Å². The van der Waals surface area contributed by atoms with Gasteiger partial charge < -0.3 is 15.0 Å². The zero-order chi connectivity index (χ0) is 16.2. The predicted molar refractivity (Wildman–Crippen MR) is 82.4 cm³/mol. The molecule has 0 radical (unpaired) electrons. The third kappa shape index (κ3) is 3.69. The molecule has 1 unspecified atom stereocenters. The van der Waals surface area contributed by atoms with E-state index in [1.165, 1.54) is 12.1 Å². The summed E-state index contributed by atoms with van der Waals surface area (Å²) >= 11 is 0. The summed E-state index contributed by atoms with van der Waals surface area (Å²) in [6, 6.07) is 6.07. The summed E-state index contributed by atoms with van der Waals surface area (Å²) in [4.78, 5) is 26.0. The maximum atomic E-state index is 13.7. The number of carbonyl (C=O) groups excluding carboxylic acids is 2. The molecule has 124 valence electrons. The molecule has 23 heavy (non-hydrogen) atoms. The minimum absolute atomic E-state index is 0.0522. The van der Waals surface area contributed by atoms with Gasteiger partial charge in [-0.2, -0.15) is 0 Å². The second-order valence-corrected chi connectivity index (χ2v) is 6.06. The van der Waals surface area contributed by atoms with E-state index in [4.69, 9.17) is 4.74 Å². The molecule has 5 nitrogen and oxygen atoms in total. The van der Waals surface area contributed by atoms with E-state index < -0.39 is 5.82 Å². The number of hydrogen-bond donors (Lipinski definition) is 1. The van der Waals surface area contributed by atoms with E-state index in [2.05, 4.69) is 5.32 Å². The number of amides is 2. The van der Waals surface area contributed by atoms with Crippen molar-refractivity contribution >= 4 is 11.8 Å². The number of piperidine rings is 1. The van der Waals surface area contributed by atoms with Gasteiger partial charge >= 0.3 is 0 Å². The van der Waals surface area contributed by atoms with Crippen LogP contribution in [-0.4, -0.2) is 48.6 Å². The lowest BCUT2D eigenvalue weighted by molar-refractivity contribution is -0.131. The molecule has 0 aliphatic carbocycles. The highest BCUT2D eigenvalue weighted by Gasteiger charge is 2.29. The first-order valence-electron chi connectivity index (χ1n) is 8.11. The van der Waals surface area contributed by atoms with E-state index in [9.17, 15) is 14.0 Å².